The van der Waals surface area contributed by atoms with Gasteiger partial charge in [0.25, 0.3) is 5.91 Å². The van der Waals surface area contributed by atoms with Crippen LogP contribution in [0.15, 0.2) is 97.1 Å². The van der Waals surface area contributed by atoms with Gasteiger partial charge < -0.3 is 5.32 Å². The third kappa shape index (κ3) is 5.62. The van der Waals surface area contributed by atoms with Gasteiger partial charge in [-0.3, -0.25) is 4.79 Å². The SMILES string of the molecule is CC.Cc1ccc(NC(=O)c2ccc(Cl)c(-c3ccc(-c4ccccc4)cc3)c2)cc1. The zero-order valence-corrected chi connectivity index (χ0v) is 18.8. The number of hydrogen-bond donors (Lipinski definition) is 1. The number of nitrogens with one attached hydrogen (secondary N) is 1. The van der Waals surface area contributed by atoms with Gasteiger partial charge in [-0.15, -0.1) is 0 Å². The molecule has 0 atom stereocenters. The summed E-state index contributed by atoms with van der Waals surface area (Å²) in [4.78, 5) is 12.7. The molecule has 0 saturated carbocycles. The first-order valence-corrected chi connectivity index (χ1v) is 10.8. The fraction of sp³-hybridized carbons (Fsp3) is 0.107. The Balaban J connectivity index is 0.00000132. The average Bonchev–Trinajstić information content (AvgIpc) is 2.83. The lowest BCUT2D eigenvalue weighted by Crippen LogP contribution is -2.11. The second-order valence-corrected chi connectivity index (χ2v) is 7.37. The molecule has 0 unspecified atom stereocenters. The van der Waals surface area contributed by atoms with E-state index in [-0.39, 0.29) is 5.91 Å². The highest BCUT2D eigenvalue weighted by Crippen LogP contribution is 2.31. The van der Waals surface area contributed by atoms with Gasteiger partial charge in [-0.25, -0.2) is 0 Å². The van der Waals surface area contributed by atoms with Crippen molar-refractivity contribution in [2.24, 2.45) is 0 Å². The maximum absolute atomic E-state index is 12.7. The van der Waals surface area contributed by atoms with Crippen LogP contribution in [-0.2, 0) is 0 Å². The largest absolute Gasteiger partial charge is 0.322 e. The van der Waals surface area contributed by atoms with Crippen LogP contribution in [0.4, 0.5) is 5.69 Å². The van der Waals surface area contributed by atoms with Gasteiger partial charge in [0.2, 0.25) is 0 Å². The fourth-order valence-corrected chi connectivity index (χ4v) is 3.43. The van der Waals surface area contributed by atoms with Crippen LogP contribution in [0.5, 0.6) is 0 Å². The van der Waals surface area contributed by atoms with Crippen molar-refractivity contribution >= 4 is 23.2 Å². The Morgan fingerprint density at radius 1 is 0.710 bits per heavy atom. The molecule has 1 N–H and O–H groups in total. The number of halogens is 1. The molecule has 0 spiro atoms. The molecular formula is C28H26ClNO. The third-order valence-electron chi connectivity index (χ3n) is 4.84. The number of amides is 1. The lowest BCUT2D eigenvalue weighted by atomic mass is 9.99. The predicted molar refractivity (Wildman–Crippen MR) is 133 cm³/mol. The molecule has 0 aliphatic heterocycles. The minimum absolute atomic E-state index is 0.160. The monoisotopic (exact) mass is 427 g/mol. The Bertz CT molecular complexity index is 1130. The molecule has 156 valence electrons. The highest BCUT2D eigenvalue weighted by Gasteiger charge is 2.11. The number of benzene rings is 4. The Kier molecular flexibility index (Phi) is 7.64. The summed E-state index contributed by atoms with van der Waals surface area (Å²) in [5.41, 5.74) is 6.59. The first-order valence-electron chi connectivity index (χ1n) is 10.4. The van der Waals surface area contributed by atoms with Crippen molar-refractivity contribution in [2.45, 2.75) is 20.8 Å². The van der Waals surface area contributed by atoms with Gasteiger partial charge in [0.05, 0.1) is 0 Å². The lowest BCUT2D eigenvalue weighted by Gasteiger charge is -2.10. The minimum Gasteiger partial charge on any atom is -0.322 e. The van der Waals surface area contributed by atoms with E-state index in [0.29, 0.717) is 10.6 Å². The van der Waals surface area contributed by atoms with Crippen LogP contribution in [0.3, 0.4) is 0 Å². The maximum Gasteiger partial charge on any atom is 0.255 e. The number of rotatable bonds is 4. The summed E-state index contributed by atoms with van der Waals surface area (Å²) in [6.07, 6.45) is 0. The summed E-state index contributed by atoms with van der Waals surface area (Å²) < 4.78 is 0. The van der Waals surface area contributed by atoms with Crippen LogP contribution in [0.1, 0.15) is 29.8 Å². The Hall–Kier alpha value is -3.36. The van der Waals surface area contributed by atoms with E-state index >= 15 is 0 Å². The second-order valence-electron chi connectivity index (χ2n) is 6.96. The third-order valence-corrected chi connectivity index (χ3v) is 5.17. The molecule has 0 radical (unpaired) electrons. The summed E-state index contributed by atoms with van der Waals surface area (Å²) in [7, 11) is 0. The summed E-state index contributed by atoms with van der Waals surface area (Å²) in [5, 5.41) is 3.55. The van der Waals surface area contributed by atoms with Gasteiger partial charge in [-0.2, -0.15) is 0 Å². The van der Waals surface area contributed by atoms with E-state index in [0.717, 1.165) is 33.5 Å². The highest BCUT2D eigenvalue weighted by molar-refractivity contribution is 6.33. The molecule has 3 heteroatoms. The Morgan fingerprint density at radius 2 is 1.29 bits per heavy atom. The topological polar surface area (TPSA) is 29.1 Å². The van der Waals surface area contributed by atoms with Gasteiger partial charge >= 0.3 is 0 Å². The van der Waals surface area contributed by atoms with E-state index < -0.39 is 0 Å². The summed E-state index contributed by atoms with van der Waals surface area (Å²) in [5.74, 6) is -0.160. The van der Waals surface area contributed by atoms with Crippen molar-refractivity contribution < 1.29 is 4.79 Å². The first kappa shape index (κ1) is 22.3. The smallest absolute Gasteiger partial charge is 0.255 e. The van der Waals surface area contributed by atoms with Crippen molar-refractivity contribution in [1.82, 2.24) is 0 Å². The summed E-state index contributed by atoms with van der Waals surface area (Å²) >= 11 is 6.44. The quantitative estimate of drug-likeness (QED) is 0.349. The molecule has 0 aliphatic rings. The zero-order chi connectivity index (χ0) is 22.2. The molecule has 4 rings (SSSR count). The first-order chi connectivity index (χ1) is 15.1. The van der Waals surface area contributed by atoms with E-state index in [2.05, 4.69) is 29.6 Å². The molecule has 0 bridgehead atoms. The number of hydrogen-bond acceptors (Lipinski definition) is 1. The highest BCUT2D eigenvalue weighted by atomic mass is 35.5. The molecule has 0 saturated heterocycles. The van der Waals surface area contributed by atoms with E-state index in [1.54, 1.807) is 12.1 Å². The number of anilines is 1. The molecule has 0 aromatic heterocycles. The average molecular weight is 428 g/mol. The van der Waals surface area contributed by atoms with Crippen LogP contribution in [0.25, 0.3) is 22.3 Å². The zero-order valence-electron chi connectivity index (χ0n) is 18.0. The molecule has 0 fully saturated rings. The van der Waals surface area contributed by atoms with Crippen molar-refractivity contribution in [1.29, 1.82) is 0 Å². The van der Waals surface area contributed by atoms with E-state index in [4.69, 9.17) is 11.6 Å². The van der Waals surface area contributed by atoms with Gasteiger partial charge in [0.15, 0.2) is 0 Å². The number of carbonyl (C=O) groups excluding carboxylic acids is 1. The molecule has 4 aromatic carbocycles. The molecule has 31 heavy (non-hydrogen) atoms. The van der Waals surface area contributed by atoms with Crippen LogP contribution >= 0.6 is 11.6 Å². The minimum atomic E-state index is -0.160. The van der Waals surface area contributed by atoms with Crippen molar-refractivity contribution in [3.63, 3.8) is 0 Å². The van der Waals surface area contributed by atoms with Crippen LogP contribution in [0.2, 0.25) is 5.02 Å². The van der Waals surface area contributed by atoms with Crippen LogP contribution in [0, 0.1) is 6.92 Å². The van der Waals surface area contributed by atoms with Gasteiger partial charge in [-0.1, -0.05) is 97.7 Å². The predicted octanol–water partition coefficient (Wildman–Crippen LogP) is 8.26. The van der Waals surface area contributed by atoms with Gasteiger partial charge in [0.1, 0.15) is 0 Å². The molecule has 0 aliphatic carbocycles. The van der Waals surface area contributed by atoms with E-state index in [9.17, 15) is 4.79 Å². The summed E-state index contributed by atoms with van der Waals surface area (Å²) in [6.45, 7) is 6.01. The molecule has 1 amide bonds. The Morgan fingerprint density at radius 3 is 1.94 bits per heavy atom. The lowest BCUT2D eigenvalue weighted by molar-refractivity contribution is 0.102. The number of aryl methyl sites for hydroxylation is 1. The van der Waals surface area contributed by atoms with Crippen LogP contribution in [-0.4, -0.2) is 5.91 Å². The van der Waals surface area contributed by atoms with E-state index in [1.165, 1.54) is 0 Å². The van der Waals surface area contributed by atoms with Gasteiger partial charge in [-0.05, 0) is 53.9 Å². The fourth-order valence-electron chi connectivity index (χ4n) is 3.20. The molecule has 0 heterocycles. The van der Waals surface area contributed by atoms with Crippen molar-refractivity contribution in [3.8, 4) is 22.3 Å². The van der Waals surface area contributed by atoms with Crippen molar-refractivity contribution in [3.05, 3.63) is 113 Å². The van der Waals surface area contributed by atoms with E-state index in [1.807, 2.05) is 81.4 Å². The second kappa shape index (κ2) is 10.6. The number of carbonyl (C=O) groups is 1. The van der Waals surface area contributed by atoms with Crippen LogP contribution < -0.4 is 5.32 Å². The normalized spacial score (nSPS) is 10.1. The molecular weight excluding hydrogens is 402 g/mol. The maximum atomic E-state index is 12.7. The van der Waals surface area contributed by atoms with Gasteiger partial charge in [0, 0.05) is 21.8 Å². The molecule has 2 nitrogen and oxygen atoms in total. The Labute approximate surface area is 189 Å². The standard InChI is InChI=1S/C26H20ClNO.C2H6/c1-18-7-14-23(15-8-18)28-26(29)22-13-16-25(27)24(17-22)21-11-9-20(10-12-21)19-5-3-2-4-6-19;1-2/h2-17H,1H3,(H,28,29);1-2H3. The summed E-state index contributed by atoms with van der Waals surface area (Å²) in [6, 6.07) is 31.5. The van der Waals surface area contributed by atoms with Crippen molar-refractivity contribution in [2.75, 3.05) is 5.32 Å². The molecule has 4 aromatic rings.